The molecule has 0 heterocycles. The number of allylic oxidation sites excluding steroid dienone is 2. The molecule has 0 radical (unpaired) electrons. The lowest BCUT2D eigenvalue weighted by Crippen LogP contribution is -2.16. The summed E-state index contributed by atoms with van der Waals surface area (Å²) in [5.74, 6) is 0. The molecule has 0 fully saturated rings. The molecule has 0 aliphatic carbocycles. The SMILES string of the molecule is CCC(N)C/C=C/C=C/c1ccc(N(C)C)cc1. The molecular weight excluding hydrogens is 220 g/mol. The zero-order chi connectivity index (χ0) is 13.4. The standard InChI is InChI=1S/C16H24N2/c1-4-15(17)9-7-5-6-8-14-10-12-16(13-11-14)18(2)3/h5-8,10-13,15H,4,9,17H2,1-3H3/b7-5+,8-6+. The summed E-state index contributed by atoms with van der Waals surface area (Å²) in [7, 11) is 4.09. The fraction of sp³-hybridized carbons (Fsp3) is 0.375. The van der Waals surface area contributed by atoms with Gasteiger partial charge < -0.3 is 10.6 Å². The summed E-state index contributed by atoms with van der Waals surface area (Å²) in [6.45, 7) is 2.11. The Hall–Kier alpha value is -1.54. The summed E-state index contributed by atoms with van der Waals surface area (Å²) in [4.78, 5) is 2.10. The summed E-state index contributed by atoms with van der Waals surface area (Å²) >= 11 is 0. The molecule has 18 heavy (non-hydrogen) atoms. The number of rotatable bonds is 6. The lowest BCUT2D eigenvalue weighted by atomic mass is 10.1. The summed E-state index contributed by atoms with van der Waals surface area (Å²) < 4.78 is 0. The minimum Gasteiger partial charge on any atom is -0.378 e. The Labute approximate surface area is 111 Å². The van der Waals surface area contributed by atoms with Crippen LogP contribution in [0.1, 0.15) is 25.3 Å². The van der Waals surface area contributed by atoms with E-state index in [0.29, 0.717) is 0 Å². The van der Waals surface area contributed by atoms with Crippen LogP contribution in [0.2, 0.25) is 0 Å². The number of anilines is 1. The predicted octanol–water partition coefficient (Wildman–Crippen LogP) is 3.45. The molecule has 0 aliphatic heterocycles. The van der Waals surface area contributed by atoms with Gasteiger partial charge in [0.1, 0.15) is 0 Å². The van der Waals surface area contributed by atoms with Crippen molar-refractivity contribution in [3.8, 4) is 0 Å². The van der Waals surface area contributed by atoms with E-state index in [1.165, 1.54) is 11.3 Å². The van der Waals surface area contributed by atoms with Gasteiger partial charge in [-0.1, -0.05) is 43.4 Å². The molecule has 1 aromatic carbocycles. The van der Waals surface area contributed by atoms with E-state index < -0.39 is 0 Å². The van der Waals surface area contributed by atoms with Gasteiger partial charge in [-0.3, -0.25) is 0 Å². The number of nitrogens with zero attached hydrogens (tertiary/aromatic N) is 1. The van der Waals surface area contributed by atoms with E-state index in [9.17, 15) is 0 Å². The second-order valence-electron chi connectivity index (χ2n) is 4.68. The Bertz CT molecular complexity index is 388. The molecule has 0 aliphatic rings. The molecule has 0 amide bonds. The van der Waals surface area contributed by atoms with Gasteiger partial charge in [0.2, 0.25) is 0 Å². The molecule has 2 N–H and O–H groups in total. The smallest absolute Gasteiger partial charge is 0.0361 e. The second kappa shape index (κ2) is 7.72. The van der Waals surface area contributed by atoms with Crippen LogP contribution in [0.15, 0.2) is 42.5 Å². The van der Waals surface area contributed by atoms with Crippen molar-refractivity contribution in [1.82, 2.24) is 0 Å². The molecule has 0 spiro atoms. The van der Waals surface area contributed by atoms with E-state index in [1.54, 1.807) is 0 Å². The summed E-state index contributed by atoms with van der Waals surface area (Å²) in [5, 5.41) is 0. The van der Waals surface area contributed by atoms with Crippen molar-refractivity contribution in [3.63, 3.8) is 0 Å². The maximum atomic E-state index is 5.83. The van der Waals surface area contributed by atoms with Crippen molar-refractivity contribution in [2.45, 2.75) is 25.8 Å². The molecule has 1 atom stereocenters. The van der Waals surface area contributed by atoms with Gasteiger partial charge in [0.05, 0.1) is 0 Å². The molecule has 1 unspecified atom stereocenters. The van der Waals surface area contributed by atoms with Crippen LogP contribution in [0.5, 0.6) is 0 Å². The van der Waals surface area contributed by atoms with Gasteiger partial charge in [-0.05, 0) is 30.5 Å². The molecular formula is C16H24N2. The highest BCUT2D eigenvalue weighted by Crippen LogP contribution is 2.13. The van der Waals surface area contributed by atoms with Crippen molar-refractivity contribution in [2.24, 2.45) is 5.73 Å². The Kier molecular flexibility index (Phi) is 6.23. The zero-order valence-electron chi connectivity index (χ0n) is 11.6. The predicted molar refractivity (Wildman–Crippen MR) is 81.8 cm³/mol. The van der Waals surface area contributed by atoms with Crippen molar-refractivity contribution in [3.05, 3.63) is 48.1 Å². The highest BCUT2D eigenvalue weighted by molar-refractivity contribution is 5.56. The molecule has 1 rings (SSSR count). The lowest BCUT2D eigenvalue weighted by Gasteiger charge is -2.11. The fourth-order valence-electron chi connectivity index (χ4n) is 1.55. The van der Waals surface area contributed by atoms with Gasteiger partial charge in [0.15, 0.2) is 0 Å². The van der Waals surface area contributed by atoms with E-state index >= 15 is 0 Å². The first-order valence-corrected chi connectivity index (χ1v) is 6.49. The van der Waals surface area contributed by atoms with E-state index in [4.69, 9.17) is 5.73 Å². The topological polar surface area (TPSA) is 29.3 Å². The average Bonchev–Trinajstić information content (AvgIpc) is 2.38. The fourth-order valence-corrected chi connectivity index (χ4v) is 1.55. The summed E-state index contributed by atoms with van der Waals surface area (Å²) in [5.41, 5.74) is 8.26. The van der Waals surface area contributed by atoms with Crippen LogP contribution in [0.4, 0.5) is 5.69 Å². The monoisotopic (exact) mass is 244 g/mol. The Balaban J connectivity index is 2.47. The first-order valence-electron chi connectivity index (χ1n) is 6.49. The summed E-state index contributed by atoms with van der Waals surface area (Å²) in [6, 6.07) is 8.77. The molecule has 0 aromatic heterocycles. The first kappa shape index (κ1) is 14.5. The van der Waals surface area contributed by atoms with Gasteiger partial charge in [-0.2, -0.15) is 0 Å². The van der Waals surface area contributed by atoms with Crippen molar-refractivity contribution in [2.75, 3.05) is 19.0 Å². The van der Waals surface area contributed by atoms with E-state index in [2.05, 4.69) is 60.4 Å². The number of hydrogen-bond donors (Lipinski definition) is 1. The van der Waals surface area contributed by atoms with Crippen LogP contribution < -0.4 is 10.6 Å². The van der Waals surface area contributed by atoms with Crippen molar-refractivity contribution >= 4 is 11.8 Å². The van der Waals surface area contributed by atoms with Crippen LogP contribution in [-0.4, -0.2) is 20.1 Å². The number of hydrogen-bond acceptors (Lipinski definition) is 2. The maximum Gasteiger partial charge on any atom is 0.0361 e. The van der Waals surface area contributed by atoms with Gasteiger partial charge in [0, 0.05) is 25.8 Å². The third-order valence-electron chi connectivity index (χ3n) is 2.91. The normalized spacial score (nSPS) is 13.3. The molecule has 2 heteroatoms. The van der Waals surface area contributed by atoms with E-state index in [-0.39, 0.29) is 6.04 Å². The number of benzene rings is 1. The second-order valence-corrected chi connectivity index (χ2v) is 4.68. The Morgan fingerprint density at radius 1 is 1.17 bits per heavy atom. The Morgan fingerprint density at radius 3 is 2.39 bits per heavy atom. The molecule has 2 nitrogen and oxygen atoms in total. The number of nitrogens with two attached hydrogens (primary N) is 1. The minimum atomic E-state index is 0.286. The molecule has 98 valence electrons. The van der Waals surface area contributed by atoms with Crippen LogP contribution in [-0.2, 0) is 0 Å². The molecule has 1 aromatic rings. The van der Waals surface area contributed by atoms with Crippen LogP contribution in [0, 0.1) is 0 Å². The maximum absolute atomic E-state index is 5.83. The van der Waals surface area contributed by atoms with Crippen molar-refractivity contribution in [1.29, 1.82) is 0 Å². The zero-order valence-corrected chi connectivity index (χ0v) is 11.6. The van der Waals surface area contributed by atoms with E-state index in [1.807, 2.05) is 14.1 Å². The lowest BCUT2D eigenvalue weighted by molar-refractivity contribution is 0.659. The molecule has 0 bridgehead atoms. The first-order chi connectivity index (χ1) is 8.63. The average molecular weight is 244 g/mol. The highest BCUT2D eigenvalue weighted by Gasteiger charge is 1.93. The van der Waals surface area contributed by atoms with Gasteiger partial charge in [0.25, 0.3) is 0 Å². The van der Waals surface area contributed by atoms with Crippen LogP contribution in [0.3, 0.4) is 0 Å². The highest BCUT2D eigenvalue weighted by atomic mass is 15.1. The van der Waals surface area contributed by atoms with Gasteiger partial charge in [-0.15, -0.1) is 0 Å². The largest absolute Gasteiger partial charge is 0.378 e. The quantitative estimate of drug-likeness (QED) is 0.777. The molecule has 0 saturated heterocycles. The van der Waals surface area contributed by atoms with Crippen LogP contribution >= 0.6 is 0 Å². The van der Waals surface area contributed by atoms with E-state index in [0.717, 1.165) is 12.8 Å². The Morgan fingerprint density at radius 2 is 1.83 bits per heavy atom. The molecule has 0 saturated carbocycles. The third kappa shape index (κ3) is 5.19. The summed E-state index contributed by atoms with van der Waals surface area (Å²) in [6.07, 6.45) is 10.3. The minimum absolute atomic E-state index is 0.286. The van der Waals surface area contributed by atoms with Gasteiger partial charge in [-0.25, -0.2) is 0 Å². The van der Waals surface area contributed by atoms with Crippen molar-refractivity contribution < 1.29 is 0 Å². The van der Waals surface area contributed by atoms with Crippen LogP contribution in [0.25, 0.3) is 6.08 Å². The third-order valence-corrected chi connectivity index (χ3v) is 2.91. The van der Waals surface area contributed by atoms with Gasteiger partial charge >= 0.3 is 0 Å².